The second-order valence-corrected chi connectivity index (χ2v) is 6.16. The maximum atomic E-state index is 12.8. The summed E-state index contributed by atoms with van der Waals surface area (Å²) in [6.45, 7) is 4.45. The maximum absolute atomic E-state index is 12.8. The molecule has 1 aliphatic rings. The Morgan fingerprint density at radius 2 is 1.68 bits per heavy atom. The van der Waals surface area contributed by atoms with Crippen molar-refractivity contribution in [3.8, 4) is 17.2 Å². The number of anilines is 2. The third-order valence-electron chi connectivity index (χ3n) is 4.29. The third-order valence-corrected chi connectivity index (χ3v) is 4.29. The van der Waals surface area contributed by atoms with Crippen LogP contribution in [0.2, 0.25) is 0 Å². The molecule has 0 radical (unpaired) electrons. The number of carbonyl (C=O) groups is 1. The Morgan fingerprint density at radius 1 is 1.04 bits per heavy atom. The molecule has 28 heavy (non-hydrogen) atoms. The summed E-state index contributed by atoms with van der Waals surface area (Å²) in [5.41, 5.74) is 1.50. The molecule has 1 N–H and O–H groups in total. The molecule has 0 unspecified atom stereocenters. The number of nitrogens with one attached hydrogen (secondary N) is 1. The SMILES string of the molecule is COc1cc(NC(=O)c2cc(C)nc(N3CCOCC3)n2)cc(OC)c1OC. The van der Waals surface area contributed by atoms with Crippen LogP contribution in [0.5, 0.6) is 17.2 Å². The number of benzene rings is 1. The van der Waals surface area contributed by atoms with Crippen molar-refractivity contribution in [2.45, 2.75) is 6.92 Å². The molecule has 0 spiro atoms. The van der Waals surface area contributed by atoms with E-state index in [1.807, 2.05) is 11.8 Å². The summed E-state index contributed by atoms with van der Waals surface area (Å²) in [4.78, 5) is 23.7. The standard InChI is InChI=1S/C19H24N4O5/c1-12-9-14(22-19(20-12)23-5-7-28-8-6-23)18(24)21-13-10-15(25-2)17(27-4)16(11-13)26-3/h9-11H,5-8H2,1-4H3,(H,21,24). The predicted molar refractivity (Wildman–Crippen MR) is 104 cm³/mol. The van der Waals surface area contributed by atoms with Gasteiger partial charge in [0.25, 0.3) is 5.91 Å². The lowest BCUT2D eigenvalue weighted by molar-refractivity contribution is 0.102. The zero-order valence-corrected chi connectivity index (χ0v) is 16.4. The number of methoxy groups -OCH3 is 3. The number of ether oxygens (including phenoxy) is 4. The van der Waals surface area contributed by atoms with Crippen molar-refractivity contribution >= 4 is 17.5 Å². The molecule has 0 aliphatic carbocycles. The average Bonchev–Trinajstić information content (AvgIpc) is 2.73. The van der Waals surface area contributed by atoms with Gasteiger partial charge in [0, 0.05) is 36.6 Å². The van der Waals surface area contributed by atoms with Crippen LogP contribution in [0, 0.1) is 6.92 Å². The minimum atomic E-state index is -0.353. The molecule has 0 atom stereocenters. The van der Waals surface area contributed by atoms with Crippen LogP contribution in [-0.4, -0.2) is 63.5 Å². The quantitative estimate of drug-likeness (QED) is 0.802. The van der Waals surface area contributed by atoms with E-state index >= 15 is 0 Å². The van der Waals surface area contributed by atoms with Crippen molar-refractivity contribution in [3.63, 3.8) is 0 Å². The normalized spacial score (nSPS) is 13.8. The Kier molecular flexibility index (Phi) is 6.15. The first kappa shape index (κ1) is 19.7. The molecule has 1 fully saturated rings. The predicted octanol–water partition coefficient (Wildman–Crippen LogP) is 1.90. The van der Waals surface area contributed by atoms with Gasteiger partial charge < -0.3 is 29.2 Å². The molecular weight excluding hydrogens is 364 g/mol. The average molecular weight is 388 g/mol. The number of aromatic nitrogens is 2. The number of amides is 1. The lowest BCUT2D eigenvalue weighted by Crippen LogP contribution is -2.37. The lowest BCUT2D eigenvalue weighted by Gasteiger charge is -2.27. The first-order chi connectivity index (χ1) is 13.5. The summed E-state index contributed by atoms with van der Waals surface area (Å²) < 4.78 is 21.3. The van der Waals surface area contributed by atoms with Crippen LogP contribution in [0.25, 0.3) is 0 Å². The van der Waals surface area contributed by atoms with Crippen LogP contribution in [0.4, 0.5) is 11.6 Å². The van der Waals surface area contributed by atoms with Gasteiger partial charge in [-0.2, -0.15) is 0 Å². The molecule has 9 nitrogen and oxygen atoms in total. The highest BCUT2D eigenvalue weighted by molar-refractivity contribution is 6.03. The Bertz CT molecular complexity index is 827. The van der Waals surface area contributed by atoms with E-state index < -0.39 is 0 Å². The second kappa shape index (κ2) is 8.75. The molecule has 1 aliphatic heterocycles. The molecule has 2 heterocycles. The number of carbonyl (C=O) groups excluding carboxylic acids is 1. The van der Waals surface area contributed by atoms with Gasteiger partial charge in [0.05, 0.1) is 34.5 Å². The summed E-state index contributed by atoms with van der Waals surface area (Å²) >= 11 is 0. The number of hydrogen-bond donors (Lipinski definition) is 1. The Hall–Kier alpha value is -3.07. The summed E-state index contributed by atoms with van der Waals surface area (Å²) in [6.07, 6.45) is 0. The van der Waals surface area contributed by atoms with Crippen molar-refractivity contribution in [2.75, 3.05) is 57.8 Å². The number of hydrogen-bond acceptors (Lipinski definition) is 8. The highest BCUT2D eigenvalue weighted by atomic mass is 16.5. The smallest absolute Gasteiger partial charge is 0.274 e. The van der Waals surface area contributed by atoms with E-state index in [9.17, 15) is 4.79 Å². The molecule has 1 amide bonds. The fourth-order valence-electron chi connectivity index (χ4n) is 2.92. The van der Waals surface area contributed by atoms with Gasteiger partial charge in [-0.25, -0.2) is 9.97 Å². The molecule has 3 rings (SSSR count). The van der Waals surface area contributed by atoms with Crippen LogP contribution in [-0.2, 0) is 4.74 Å². The van der Waals surface area contributed by atoms with E-state index in [1.165, 1.54) is 21.3 Å². The van der Waals surface area contributed by atoms with E-state index in [2.05, 4.69) is 15.3 Å². The number of aryl methyl sites for hydroxylation is 1. The second-order valence-electron chi connectivity index (χ2n) is 6.16. The molecule has 0 saturated carbocycles. The van der Waals surface area contributed by atoms with Gasteiger partial charge in [-0.3, -0.25) is 4.79 Å². The monoisotopic (exact) mass is 388 g/mol. The zero-order valence-electron chi connectivity index (χ0n) is 16.4. The van der Waals surface area contributed by atoms with E-state index in [1.54, 1.807) is 18.2 Å². The number of rotatable bonds is 6. The highest BCUT2D eigenvalue weighted by Gasteiger charge is 2.19. The summed E-state index contributed by atoms with van der Waals surface area (Å²) in [5, 5.41) is 2.83. The molecule has 1 aromatic carbocycles. The number of morpholine rings is 1. The van der Waals surface area contributed by atoms with Gasteiger partial charge in [-0.05, 0) is 13.0 Å². The summed E-state index contributed by atoms with van der Waals surface area (Å²) in [5.74, 6) is 1.53. The van der Waals surface area contributed by atoms with E-state index in [0.29, 0.717) is 60.9 Å². The Labute approximate surface area is 163 Å². The van der Waals surface area contributed by atoms with Gasteiger partial charge in [0.15, 0.2) is 11.5 Å². The van der Waals surface area contributed by atoms with Gasteiger partial charge in [-0.15, -0.1) is 0 Å². The minimum absolute atomic E-state index is 0.280. The summed E-state index contributed by atoms with van der Waals surface area (Å²) in [6, 6.07) is 4.98. The molecule has 1 aromatic heterocycles. The third kappa shape index (κ3) is 4.25. The van der Waals surface area contributed by atoms with Crippen LogP contribution in [0.1, 0.15) is 16.2 Å². The van der Waals surface area contributed by atoms with Crippen molar-refractivity contribution in [1.82, 2.24) is 9.97 Å². The molecule has 2 aromatic rings. The highest BCUT2D eigenvalue weighted by Crippen LogP contribution is 2.40. The number of nitrogens with zero attached hydrogens (tertiary/aromatic N) is 3. The van der Waals surface area contributed by atoms with Crippen molar-refractivity contribution in [1.29, 1.82) is 0 Å². The van der Waals surface area contributed by atoms with Crippen molar-refractivity contribution < 1.29 is 23.7 Å². The summed E-state index contributed by atoms with van der Waals surface area (Å²) in [7, 11) is 4.56. The van der Waals surface area contributed by atoms with Crippen LogP contribution < -0.4 is 24.4 Å². The maximum Gasteiger partial charge on any atom is 0.274 e. The molecule has 1 saturated heterocycles. The van der Waals surface area contributed by atoms with Crippen LogP contribution >= 0.6 is 0 Å². The first-order valence-corrected chi connectivity index (χ1v) is 8.85. The fraction of sp³-hybridized carbons (Fsp3) is 0.421. The van der Waals surface area contributed by atoms with E-state index in [-0.39, 0.29) is 11.6 Å². The fourth-order valence-corrected chi connectivity index (χ4v) is 2.92. The molecule has 9 heteroatoms. The topological polar surface area (TPSA) is 95.0 Å². The lowest BCUT2D eigenvalue weighted by atomic mass is 10.2. The Balaban J connectivity index is 1.86. The van der Waals surface area contributed by atoms with Gasteiger partial charge in [0.2, 0.25) is 11.7 Å². The van der Waals surface area contributed by atoms with Gasteiger partial charge in [-0.1, -0.05) is 0 Å². The van der Waals surface area contributed by atoms with Crippen molar-refractivity contribution in [3.05, 3.63) is 29.6 Å². The molecule has 150 valence electrons. The Morgan fingerprint density at radius 3 is 2.25 bits per heavy atom. The van der Waals surface area contributed by atoms with Gasteiger partial charge >= 0.3 is 0 Å². The van der Waals surface area contributed by atoms with E-state index in [0.717, 1.165) is 0 Å². The molecule has 0 bridgehead atoms. The largest absolute Gasteiger partial charge is 0.493 e. The van der Waals surface area contributed by atoms with Crippen LogP contribution in [0.15, 0.2) is 18.2 Å². The van der Waals surface area contributed by atoms with Gasteiger partial charge in [0.1, 0.15) is 5.69 Å². The molecular formula is C19H24N4O5. The first-order valence-electron chi connectivity index (χ1n) is 8.85. The zero-order chi connectivity index (χ0) is 20.1. The minimum Gasteiger partial charge on any atom is -0.493 e. The van der Waals surface area contributed by atoms with Crippen molar-refractivity contribution in [2.24, 2.45) is 0 Å². The van der Waals surface area contributed by atoms with E-state index in [4.69, 9.17) is 18.9 Å². The van der Waals surface area contributed by atoms with Crippen LogP contribution in [0.3, 0.4) is 0 Å².